The van der Waals surface area contributed by atoms with Gasteiger partial charge in [0, 0.05) is 19.2 Å². The number of halogens is 3. The third-order valence-corrected chi connectivity index (χ3v) is 6.44. The third kappa shape index (κ3) is 5.26. The van der Waals surface area contributed by atoms with Crippen LogP contribution < -0.4 is 9.46 Å². The predicted octanol–water partition coefficient (Wildman–Crippen LogP) is 4.71. The minimum absolute atomic E-state index is 0.0114. The normalized spacial score (nSPS) is 18.0. The number of anilines is 1. The molecule has 0 aliphatic carbocycles. The van der Waals surface area contributed by atoms with Crippen LogP contribution in [0.3, 0.4) is 0 Å². The number of hydrogen-bond acceptors (Lipinski definition) is 4. The monoisotopic (exact) mass is 442 g/mol. The highest BCUT2D eigenvalue weighted by atomic mass is 32.2. The summed E-state index contributed by atoms with van der Waals surface area (Å²) in [4.78, 5) is 2.00. The minimum Gasteiger partial charge on any atom is -0.488 e. The molecule has 1 heterocycles. The summed E-state index contributed by atoms with van der Waals surface area (Å²) in [5, 5.41) is 0. The lowest BCUT2D eigenvalue weighted by atomic mass is 10.0. The van der Waals surface area contributed by atoms with E-state index in [2.05, 4.69) is 4.72 Å². The van der Waals surface area contributed by atoms with E-state index in [4.69, 9.17) is 4.74 Å². The quantitative estimate of drug-likeness (QED) is 0.704. The molecule has 164 valence electrons. The fourth-order valence-corrected chi connectivity index (χ4v) is 4.38. The number of ether oxygens (including phenoxy) is 1. The Morgan fingerprint density at radius 1 is 1.13 bits per heavy atom. The zero-order valence-electron chi connectivity index (χ0n) is 17.0. The average molecular weight is 443 g/mol. The first-order chi connectivity index (χ1) is 14.0. The number of likely N-dealkylation sites (N-methyl/N-ethyl adjacent to an activating group) is 1. The van der Waals surface area contributed by atoms with Crippen molar-refractivity contribution in [3.8, 4) is 5.75 Å². The second-order valence-corrected chi connectivity index (χ2v) is 9.51. The Hall–Kier alpha value is -2.26. The summed E-state index contributed by atoms with van der Waals surface area (Å²) >= 11 is 0. The maximum Gasteiger partial charge on any atom is 0.419 e. The Labute approximate surface area is 174 Å². The summed E-state index contributed by atoms with van der Waals surface area (Å²) in [6.45, 7) is 5.22. The van der Waals surface area contributed by atoms with Crippen LogP contribution in [0, 0.1) is 0 Å². The van der Waals surface area contributed by atoms with Gasteiger partial charge in [-0.3, -0.25) is 4.72 Å². The van der Waals surface area contributed by atoms with Crippen LogP contribution in [0.25, 0.3) is 0 Å². The van der Waals surface area contributed by atoms with Gasteiger partial charge in [-0.2, -0.15) is 13.2 Å². The van der Waals surface area contributed by atoms with Gasteiger partial charge in [0.2, 0.25) is 0 Å². The van der Waals surface area contributed by atoms with Gasteiger partial charge in [0.15, 0.2) is 0 Å². The van der Waals surface area contributed by atoms with Crippen LogP contribution in [0.4, 0.5) is 18.9 Å². The number of nitrogens with one attached hydrogen (secondary N) is 1. The molecule has 0 saturated carbocycles. The highest BCUT2D eigenvalue weighted by Crippen LogP contribution is 2.39. The first-order valence-corrected chi connectivity index (χ1v) is 11.1. The number of sulfonamides is 1. The Bertz CT molecular complexity index is 990. The lowest BCUT2D eigenvalue weighted by Crippen LogP contribution is -2.23. The second kappa shape index (κ2) is 8.47. The van der Waals surface area contributed by atoms with Crippen LogP contribution in [0.2, 0.25) is 0 Å². The van der Waals surface area contributed by atoms with Gasteiger partial charge in [-0.15, -0.1) is 0 Å². The summed E-state index contributed by atoms with van der Waals surface area (Å²) in [5.74, 6) is -0.128. The molecule has 1 aliphatic heterocycles. The van der Waals surface area contributed by atoms with Crippen molar-refractivity contribution in [3.05, 3.63) is 53.6 Å². The zero-order valence-corrected chi connectivity index (χ0v) is 17.8. The molecule has 1 atom stereocenters. The molecule has 2 aromatic carbocycles. The molecule has 1 saturated heterocycles. The maximum absolute atomic E-state index is 13.4. The fraction of sp³-hybridized carbons (Fsp3) is 0.429. The van der Waals surface area contributed by atoms with Gasteiger partial charge in [-0.25, -0.2) is 8.42 Å². The van der Waals surface area contributed by atoms with Crippen molar-refractivity contribution < 1.29 is 26.3 Å². The number of nitrogens with zero attached hydrogens (tertiary/aromatic N) is 1. The van der Waals surface area contributed by atoms with E-state index in [1.807, 2.05) is 25.8 Å². The van der Waals surface area contributed by atoms with E-state index in [-0.39, 0.29) is 28.4 Å². The molecule has 1 aliphatic rings. The summed E-state index contributed by atoms with van der Waals surface area (Å²) in [7, 11) is -2.09. The van der Waals surface area contributed by atoms with Crippen molar-refractivity contribution in [3.63, 3.8) is 0 Å². The van der Waals surface area contributed by atoms with Crippen LogP contribution >= 0.6 is 0 Å². The second-order valence-electron chi connectivity index (χ2n) is 7.83. The number of alkyl halides is 3. The molecule has 0 spiro atoms. The summed E-state index contributed by atoms with van der Waals surface area (Å²) < 4.78 is 73.5. The lowest BCUT2D eigenvalue weighted by molar-refractivity contribution is -0.139. The van der Waals surface area contributed by atoms with E-state index in [0.717, 1.165) is 30.3 Å². The molecule has 0 amide bonds. The zero-order chi connectivity index (χ0) is 22.1. The topological polar surface area (TPSA) is 58.6 Å². The smallest absolute Gasteiger partial charge is 0.419 e. The molecule has 1 fully saturated rings. The molecule has 0 bridgehead atoms. The Kier molecular flexibility index (Phi) is 6.33. The number of benzene rings is 2. The summed E-state index contributed by atoms with van der Waals surface area (Å²) in [5.41, 5.74) is 0.0688. The fourth-order valence-electron chi connectivity index (χ4n) is 3.33. The Balaban J connectivity index is 1.87. The highest BCUT2D eigenvalue weighted by Gasteiger charge is 2.36. The predicted molar refractivity (Wildman–Crippen MR) is 109 cm³/mol. The van der Waals surface area contributed by atoms with E-state index in [0.29, 0.717) is 13.0 Å². The first-order valence-electron chi connectivity index (χ1n) is 9.65. The van der Waals surface area contributed by atoms with E-state index in [1.54, 1.807) is 12.1 Å². The molecule has 0 radical (unpaired) electrons. The Morgan fingerprint density at radius 3 is 2.33 bits per heavy atom. The van der Waals surface area contributed by atoms with Crippen molar-refractivity contribution in [2.75, 3.05) is 24.9 Å². The van der Waals surface area contributed by atoms with Gasteiger partial charge in [-0.1, -0.05) is 26.0 Å². The molecule has 2 aromatic rings. The SMILES string of the molecule is CC(C)c1ccc(S(=O)(=O)Nc2ccc(C(F)(F)F)c(OC3CCN(C)C3)c2)cc1. The molecule has 1 N–H and O–H groups in total. The van der Waals surface area contributed by atoms with Crippen LogP contribution in [0.5, 0.6) is 5.75 Å². The average Bonchev–Trinajstić information content (AvgIpc) is 3.05. The van der Waals surface area contributed by atoms with Gasteiger partial charge in [0.1, 0.15) is 11.9 Å². The summed E-state index contributed by atoms with van der Waals surface area (Å²) in [6.07, 6.45) is -4.39. The minimum atomic E-state index is -4.61. The highest BCUT2D eigenvalue weighted by molar-refractivity contribution is 7.92. The Morgan fingerprint density at radius 2 is 1.80 bits per heavy atom. The maximum atomic E-state index is 13.4. The van der Waals surface area contributed by atoms with E-state index >= 15 is 0 Å². The van der Waals surface area contributed by atoms with Crippen LogP contribution in [0.15, 0.2) is 47.4 Å². The van der Waals surface area contributed by atoms with E-state index in [9.17, 15) is 21.6 Å². The largest absolute Gasteiger partial charge is 0.488 e. The standard InChI is InChI=1S/C21H25F3N2O3S/c1-14(2)15-4-7-18(8-5-15)30(27,28)25-16-6-9-19(21(22,23)24)20(12-16)29-17-10-11-26(3)13-17/h4-9,12,14,17,25H,10-11,13H2,1-3H3. The lowest BCUT2D eigenvalue weighted by Gasteiger charge is -2.19. The van der Waals surface area contributed by atoms with Gasteiger partial charge < -0.3 is 9.64 Å². The number of hydrogen-bond donors (Lipinski definition) is 1. The van der Waals surface area contributed by atoms with Crippen LogP contribution in [-0.2, 0) is 16.2 Å². The van der Waals surface area contributed by atoms with Crippen molar-refractivity contribution in [1.82, 2.24) is 4.90 Å². The van der Waals surface area contributed by atoms with Gasteiger partial charge in [0.25, 0.3) is 10.0 Å². The van der Waals surface area contributed by atoms with Gasteiger partial charge in [-0.05, 0) is 49.2 Å². The first kappa shape index (κ1) is 22.4. The number of rotatable bonds is 6. The number of likely N-dealkylation sites (tertiary alicyclic amines) is 1. The molecule has 30 heavy (non-hydrogen) atoms. The van der Waals surface area contributed by atoms with E-state index < -0.39 is 21.8 Å². The molecular formula is C21H25F3N2O3S. The molecular weight excluding hydrogens is 417 g/mol. The van der Waals surface area contributed by atoms with Crippen molar-refractivity contribution >= 4 is 15.7 Å². The van der Waals surface area contributed by atoms with Crippen molar-refractivity contribution in [1.29, 1.82) is 0 Å². The van der Waals surface area contributed by atoms with Crippen molar-refractivity contribution in [2.24, 2.45) is 0 Å². The van der Waals surface area contributed by atoms with Crippen molar-refractivity contribution in [2.45, 2.75) is 43.4 Å². The molecule has 0 aromatic heterocycles. The van der Waals surface area contributed by atoms with Crippen LogP contribution in [-0.4, -0.2) is 39.6 Å². The third-order valence-electron chi connectivity index (χ3n) is 5.04. The summed E-state index contributed by atoms with van der Waals surface area (Å²) in [6, 6.07) is 9.43. The molecule has 1 unspecified atom stereocenters. The van der Waals surface area contributed by atoms with Gasteiger partial charge >= 0.3 is 6.18 Å². The molecule has 3 rings (SSSR count). The molecule has 5 nitrogen and oxygen atoms in total. The molecule has 9 heteroatoms. The van der Waals surface area contributed by atoms with Gasteiger partial charge in [0.05, 0.1) is 16.1 Å². The van der Waals surface area contributed by atoms with Crippen LogP contribution in [0.1, 0.15) is 37.3 Å². The van der Waals surface area contributed by atoms with E-state index in [1.165, 1.54) is 12.1 Å².